The van der Waals surface area contributed by atoms with Crippen LogP contribution in [-0.4, -0.2) is 9.97 Å². The molecule has 0 aromatic carbocycles. The monoisotopic (exact) mass is 184 g/mol. The molecule has 0 N–H and O–H groups in total. The topological polar surface area (TPSA) is 44.2 Å². The van der Waals surface area contributed by atoms with Crippen LogP contribution in [0.4, 0.5) is 0 Å². The standard InChI is InChI=1S/C7H5ClN2O2/c8-7-9-3-5(4-10-7)6-11-1-2-12-6/h1-4,6H. The Morgan fingerprint density at radius 3 is 2.33 bits per heavy atom. The molecular weight excluding hydrogens is 180 g/mol. The van der Waals surface area contributed by atoms with Crippen LogP contribution in [0.15, 0.2) is 24.9 Å². The van der Waals surface area contributed by atoms with Crippen molar-refractivity contribution in [3.63, 3.8) is 0 Å². The van der Waals surface area contributed by atoms with Crippen molar-refractivity contribution in [2.24, 2.45) is 0 Å². The van der Waals surface area contributed by atoms with E-state index >= 15 is 0 Å². The Hall–Kier alpha value is -1.29. The van der Waals surface area contributed by atoms with Gasteiger partial charge in [0.2, 0.25) is 5.28 Å². The summed E-state index contributed by atoms with van der Waals surface area (Å²) >= 11 is 5.50. The zero-order valence-electron chi connectivity index (χ0n) is 5.98. The van der Waals surface area contributed by atoms with Gasteiger partial charge in [0.05, 0.1) is 5.56 Å². The summed E-state index contributed by atoms with van der Waals surface area (Å²) in [5.74, 6) is 0. The zero-order valence-corrected chi connectivity index (χ0v) is 6.73. The first-order valence-corrected chi connectivity index (χ1v) is 3.67. The van der Waals surface area contributed by atoms with Gasteiger partial charge < -0.3 is 9.47 Å². The number of hydrogen-bond donors (Lipinski definition) is 0. The summed E-state index contributed by atoms with van der Waals surface area (Å²) in [4.78, 5) is 7.58. The molecule has 12 heavy (non-hydrogen) atoms. The molecular formula is C7H5ClN2O2. The Morgan fingerprint density at radius 1 is 1.17 bits per heavy atom. The zero-order chi connectivity index (χ0) is 8.39. The number of nitrogens with zero attached hydrogens (tertiary/aromatic N) is 2. The van der Waals surface area contributed by atoms with Crippen molar-refractivity contribution >= 4 is 11.6 Å². The van der Waals surface area contributed by atoms with Crippen molar-refractivity contribution in [1.29, 1.82) is 0 Å². The molecule has 0 saturated heterocycles. The Morgan fingerprint density at radius 2 is 1.75 bits per heavy atom. The third kappa shape index (κ3) is 1.33. The van der Waals surface area contributed by atoms with E-state index < -0.39 is 6.29 Å². The Balaban J connectivity index is 2.18. The minimum absolute atomic E-state index is 0.213. The molecule has 1 aliphatic heterocycles. The maximum atomic E-state index is 5.50. The highest BCUT2D eigenvalue weighted by molar-refractivity contribution is 6.28. The largest absolute Gasteiger partial charge is 0.455 e. The fourth-order valence-corrected chi connectivity index (χ4v) is 0.938. The number of halogens is 1. The molecule has 1 aliphatic rings. The van der Waals surface area contributed by atoms with Gasteiger partial charge in [-0.3, -0.25) is 0 Å². The Labute approximate surface area is 73.8 Å². The molecule has 4 nitrogen and oxygen atoms in total. The highest BCUT2D eigenvalue weighted by atomic mass is 35.5. The van der Waals surface area contributed by atoms with E-state index in [2.05, 4.69) is 9.97 Å². The molecule has 0 atom stereocenters. The van der Waals surface area contributed by atoms with Gasteiger partial charge in [-0.2, -0.15) is 0 Å². The first-order valence-electron chi connectivity index (χ1n) is 3.29. The molecule has 0 bridgehead atoms. The van der Waals surface area contributed by atoms with Crippen LogP contribution < -0.4 is 0 Å². The van der Waals surface area contributed by atoms with Crippen LogP contribution in [0.5, 0.6) is 0 Å². The molecule has 0 unspecified atom stereocenters. The molecule has 0 aliphatic carbocycles. The number of ether oxygens (including phenoxy) is 2. The third-order valence-electron chi connectivity index (χ3n) is 1.37. The second kappa shape index (κ2) is 2.98. The number of rotatable bonds is 1. The number of hydrogen-bond acceptors (Lipinski definition) is 4. The SMILES string of the molecule is Clc1ncc(C2OC=CO2)cn1. The van der Waals surface area contributed by atoms with Crippen molar-refractivity contribution in [2.75, 3.05) is 0 Å². The molecule has 0 spiro atoms. The van der Waals surface area contributed by atoms with Gasteiger partial charge in [-0.25, -0.2) is 9.97 Å². The van der Waals surface area contributed by atoms with Gasteiger partial charge >= 0.3 is 0 Å². The Kier molecular flexibility index (Phi) is 1.83. The van der Waals surface area contributed by atoms with Crippen LogP contribution in [-0.2, 0) is 9.47 Å². The van der Waals surface area contributed by atoms with E-state index in [1.807, 2.05) is 0 Å². The Bertz CT molecular complexity index is 291. The second-order valence-corrected chi connectivity index (χ2v) is 2.50. The minimum atomic E-state index is -0.428. The van der Waals surface area contributed by atoms with Gasteiger partial charge in [0, 0.05) is 12.4 Å². The van der Waals surface area contributed by atoms with Crippen LogP contribution in [0.25, 0.3) is 0 Å². The van der Waals surface area contributed by atoms with Crippen molar-refractivity contribution < 1.29 is 9.47 Å². The quantitative estimate of drug-likeness (QED) is 0.623. The van der Waals surface area contributed by atoms with Gasteiger partial charge in [0.15, 0.2) is 0 Å². The fraction of sp³-hybridized carbons (Fsp3) is 0.143. The predicted molar refractivity (Wildman–Crippen MR) is 41.1 cm³/mol. The molecule has 62 valence electrons. The van der Waals surface area contributed by atoms with Crippen LogP contribution in [0.2, 0.25) is 5.28 Å². The van der Waals surface area contributed by atoms with Crippen LogP contribution in [0.3, 0.4) is 0 Å². The third-order valence-corrected chi connectivity index (χ3v) is 1.57. The maximum Gasteiger partial charge on any atom is 0.269 e. The smallest absolute Gasteiger partial charge is 0.269 e. The molecule has 0 radical (unpaired) electrons. The highest BCUT2D eigenvalue weighted by Crippen LogP contribution is 2.22. The maximum absolute atomic E-state index is 5.50. The summed E-state index contributed by atoms with van der Waals surface area (Å²) in [6.45, 7) is 0. The van der Waals surface area contributed by atoms with Crippen molar-refractivity contribution in [1.82, 2.24) is 9.97 Å². The average Bonchev–Trinajstić information content (AvgIpc) is 2.58. The summed E-state index contributed by atoms with van der Waals surface area (Å²) in [5.41, 5.74) is 0.740. The van der Waals surface area contributed by atoms with Crippen molar-refractivity contribution in [3.05, 3.63) is 35.8 Å². The molecule has 1 aromatic heterocycles. The van der Waals surface area contributed by atoms with Gasteiger partial charge in [-0.05, 0) is 11.6 Å². The van der Waals surface area contributed by atoms with Crippen LogP contribution in [0.1, 0.15) is 11.9 Å². The fourth-order valence-electron chi connectivity index (χ4n) is 0.840. The minimum Gasteiger partial charge on any atom is -0.455 e. The van der Waals surface area contributed by atoms with Crippen LogP contribution in [0, 0.1) is 0 Å². The van der Waals surface area contributed by atoms with Gasteiger partial charge in [0.1, 0.15) is 12.5 Å². The molecule has 0 amide bonds. The lowest BCUT2D eigenvalue weighted by molar-refractivity contribution is -0.0251. The van der Waals surface area contributed by atoms with Crippen LogP contribution >= 0.6 is 11.6 Å². The van der Waals surface area contributed by atoms with E-state index in [9.17, 15) is 0 Å². The summed E-state index contributed by atoms with van der Waals surface area (Å²) in [6, 6.07) is 0. The van der Waals surface area contributed by atoms with E-state index in [-0.39, 0.29) is 5.28 Å². The lowest BCUT2D eigenvalue weighted by Gasteiger charge is -2.08. The van der Waals surface area contributed by atoms with E-state index in [0.717, 1.165) is 5.56 Å². The summed E-state index contributed by atoms with van der Waals surface area (Å²) in [5, 5.41) is 0.213. The summed E-state index contributed by atoms with van der Waals surface area (Å²) < 4.78 is 10.1. The lowest BCUT2D eigenvalue weighted by atomic mass is 10.3. The number of aromatic nitrogens is 2. The van der Waals surface area contributed by atoms with Crippen molar-refractivity contribution in [3.8, 4) is 0 Å². The van der Waals surface area contributed by atoms with Crippen molar-refractivity contribution in [2.45, 2.75) is 6.29 Å². The van der Waals surface area contributed by atoms with Gasteiger partial charge in [-0.15, -0.1) is 0 Å². The lowest BCUT2D eigenvalue weighted by Crippen LogP contribution is -1.99. The molecule has 0 saturated carbocycles. The van der Waals surface area contributed by atoms with E-state index in [4.69, 9.17) is 21.1 Å². The van der Waals surface area contributed by atoms with E-state index in [1.54, 1.807) is 12.4 Å². The predicted octanol–water partition coefficient (Wildman–Crippen LogP) is 1.65. The second-order valence-electron chi connectivity index (χ2n) is 2.16. The first kappa shape index (κ1) is 7.36. The normalized spacial score (nSPS) is 15.8. The van der Waals surface area contributed by atoms with E-state index in [0.29, 0.717) is 0 Å². The first-order chi connectivity index (χ1) is 5.86. The average molecular weight is 185 g/mol. The van der Waals surface area contributed by atoms with Gasteiger partial charge in [-0.1, -0.05) is 0 Å². The molecule has 0 fully saturated rings. The highest BCUT2D eigenvalue weighted by Gasteiger charge is 2.15. The molecule has 1 aromatic rings. The summed E-state index contributed by atoms with van der Waals surface area (Å²) in [6.07, 6.45) is 5.64. The van der Waals surface area contributed by atoms with E-state index in [1.165, 1.54) is 12.5 Å². The molecule has 2 rings (SSSR count). The molecule has 5 heteroatoms. The van der Waals surface area contributed by atoms with Gasteiger partial charge in [0.25, 0.3) is 6.29 Å². The summed E-state index contributed by atoms with van der Waals surface area (Å²) in [7, 11) is 0. The molecule has 2 heterocycles.